The zero-order valence-electron chi connectivity index (χ0n) is 14.7. The van der Waals surface area contributed by atoms with E-state index in [1.165, 1.54) is 25.5 Å². The Kier molecular flexibility index (Phi) is 6.90. The summed E-state index contributed by atoms with van der Waals surface area (Å²) < 4.78 is 12.3. The number of ether oxygens (including phenoxy) is 2. The van der Waals surface area contributed by atoms with Crippen LogP contribution in [0.25, 0.3) is 0 Å². The number of aryl methyl sites for hydroxylation is 1. The maximum absolute atomic E-state index is 11.3. The highest BCUT2D eigenvalue weighted by atomic mass is 16.6. The first-order chi connectivity index (χ1) is 12.6. The molecular weight excluding hydrogens is 338 g/mol. The number of hydrogen-bond acceptors (Lipinski definition) is 6. The fraction of sp³-hybridized carbons (Fsp3) is 0.333. The summed E-state index contributed by atoms with van der Waals surface area (Å²) in [5.74, 6) is 0.114. The molecule has 0 bridgehead atoms. The Bertz CT molecular complexity index is 767. The lowest BCUT2D eigenvalue weighted by atomic mass is 10.1. The molecule has 0 saturated carbocycles. The molecule has 8 heteroatoms. The van der Waals surface area contributed by atoms with Gasteiger partial charge in [0.25, 0.3) is 5.69 Å². The average molecular weight is 359 g/mol. The Morgan fingerprint density at radius 3 is 2.73 bits per heavy atom. The van der Waals surface area contributed by atoms with E-state index in [0.717, 1.165) is 25.5 Å². The Balaban J connectivity index is 2.32. The highest BCUT2D eigenvalue weighted by Crippen LogP contribution is 2.27. The van der Waals surface area contributed by atoms with Crippen LogP contribution >= 0.6 is 0 Å². The number of aromatic nitrogens is 2. The van der Waals surface area contributed by atoms with Crippen molar-refractivity contribution < 1.29 is 19.2 Å². The van der Waals surface area contributed by atoms with Gasteiger partial charge in [-0.2, -0.15) is 0 Å². The Morgan fingerprint density at radius 1 is 1.38 bits per heavy atom. The fourth-order valence-corrected chi connectivity index (χ4v) is 2.38. The van der Waals surface area contributed by atoms with Crippen LogP contribution in [0.3, 0.4) is 0 Å². The predicted octanol–water partition coefficient (Wildman–Crippen LogP) is 3.38. The molecular formula is C18H21N3O5. The Hall–Kier alpha value is -3.16. The number of benzene rings is 1. The Labute approximate surface area is 151 Å². The van der Waals surface area contributed by atoms with Crippen molar-refractivity contribution in [3.8, 4) is 0 Å². The zero-order valence-corrected chi connectivity index (χ0v) is 14.7. The fourth-order valence-electron chi connectivity index (χ4n) is 2.38. The average Bonchev–Trinajstić information content (AvgIpc) is 3.11. The van der Waals surface area contributed by atoms with E-state index in [-0.39, 0.29) is 5.69 Å². The van der Waals surface area contributed by atoms with Crippen molar-refractivity contribution in [1.82, 2.24) is 9.55 Å². The molecule has 8 nitrogen and oxygen atoms in total. The van der Waals surface area contributed by atoms with Crippen LogP contribution in [-0.4, -0.2) is 27.6 Å². The van der Waals surface area contributed by atoms with E-state index < -0.39 is 17.0 Å². The standard InChI is InChI=1S/C18H21N3O5/c1-3-4-11-20-12-10-19-18(20)17(26-13-9-16(22)25-2)14-5-7-15(8-6-14)21(23)24/h5-10,12-13,17H,3-4,11H2,1-2H3/b13-9+. The van der Waals surface area contributed by atoms with Crippen molar-refractivity contribution in [1.29, 1.82) is 0 Å². The molecule has 2 rings (SSSR count). The summed E-state index contributed by atoms with van der Waals surface area (Å²) in [5, 5.41) is 10.9. The third-order valence-electron chi connectivity index (χ3n) is 3.76. The molecule has 138 valence electrons. The highest BCUT2D eigenvalue weighted by molar-refractivity contribution is 5.81. The summed E-state index contributed by atoms with van der Waals surface area (Å²) in [6.07, 6.45) is 7.35. The quantitative estimate of drug-likeness (QED) is 0.224. The molecule has 26 heavy (non-hydrogen) atoms. The van der Waals surface area contributed by atoms with E-state index in [0.29, 0.717) is 11.4 Å². The molecule has 0 aliphatic carbocycles. The number of carbonyl (C=O) groups is 1. The van der Waals surface area contributed by atoms with Crippen molar-refractivity contribution >= 4 is 11.7 Å². The van der Waals surface area contributed by atoms with E-state index in [1.54, 1.807) is 18.3 Å². The van der Waals surface area contributed by atoms with E-state index >= 15 is 0 Å². The number of hydrogen-bond donors (Lipinski definition) is 0. The van der Waals surface area contributed by atoms with Crippen LogP contribution in [0.4, 0.5) is 5.69 Å². The first-order valence-corrected chi connectivity index (χ1v) is 8.22. The van der Waals surface area contributed by atoms with Crippen LogP contribution in [-0.2, 0) is 20.8 Å². The SMILES string of the molecule is CCCCn1ccnc1C(O/C=C/C(=O)OC)c1ccc([N+](=O)[O-])cc1. The molecule has 0 aliphatic rings. The van der Waals surface area contributed by atoms with Crippen LogP contribution < -0.4 is 0 Å². The highest BCUT2D eigenvalue weighted by Gasteiger charge is 2.21. The maximum Gasteiger partial charge on any atom is 0.333 e. The Morgan fingerprint density at radius 2 is 2.12 bits per heavy atom. The van der Waals surface area contributed by atoms with E-state index in [1.807, 2.05) is 10.8 Å². The van der Waals surface area contributed by atoms with Crippen LogP contribution in [0, 0.1) is 10.1 Å². The van der Waals surface area contributed by atoms with Crippen molar-refractivity contribution in [3.63, 3.8) is 0 Å². The van der Waals surface area contributed by atoms with E-state index in [9.17, 15) is 14.9 Å². The van der Waals surface area contributed by atoms with E-state index in [2.05, 4.69) is 16.6 Å². The summed E-state index contributed by atoms with van der Waals surface area (Å²) in [6.45, 7) is 2.87. The number of nitro groups is 1. The number of rotatable bonds is 9. The van der Waals surface area contributed by atoms with Gasteiger partial charge in [0, 0.05) is 36.6 Å². The van der Waals surface area contributed by atoms with Gasteiger partial charge in [0.2, 0.25) is 0 Å². The van der Waals surface area contributed by atoms with Gasteiger partial charge in [-0.15, -0.1) is 0 Å². The van der Waals surface area contributed by atoms with Crippen LogP contribution in [0.1, 0.15) is 37.3 Å². The number of methoxy groups -OCH3 is 1. The molecule has 0 spiro atoms. The first kappa shape index (κ1) is 19.2. The largest absolute Gasteiger partial charge is 0.485 e. The minimum Gasteiger partial charge on any atom is -0.485 e. The summed E-state index contributed by atoms with van der Waals surface area (Å²) >= 11 is 0. The van der Waals surface area contributed by atoms with Crippen molar-refractivity contribution in [2.45, 2.75) is 32.4 Å². The second-order valence-electron chi connectivity index (χ2n) is 5.52. The monoisotopic (exact) mass is 359 g/mol. The number of nitro benzene ring substituents is 1. The topological polar surface area (TPSA) is 96.5 Å². The molecule has 0 aliphatic heterocycles. The normalized spacial score (nSPS) is 12.1. The van der Waals surface area contributed by atoms with Crippen molar-refractivity contribution in [2.75, 3.05) is 7.11 Å². The van der Waals surface area contributed by atoms with E-state index in [4.69, 9.17) is 4.74 Å². The molecule has 0 saturated heterocycles. The molecule has 0 radical (unpaired) electrons. The van der Waals surface area contributed by atoms with Gasteiger partial charge in [-0.05, 0) is 18.6 Å². The van der Waals surface area contributed by atoms with Gasteiger partial charge in [-0.25, -0.2) is 9.78 Å². The number of unbranched alkanes of at least 4 members (excludes halogenated alkanes) is 1. The second-order valence-corrected chi connectivity index (χ2v) is 5.52. The van der Waals surface area contributed by atoms with Gasteiger partial charge in [0.1, 0.15) is 0 Å². The van der Waals surface area contributed by atoms with Gasteiger partial charge in [-0.1, -0.05) is 13.3 Å². The number of carbonyl (C=O) groups excluding carboxylic acids is 1. The molecule has 1 heterocycles. The zero-order chi connectivity index (χ0) is 18.9. The van der Waals surface area contributed by atoms with Crippen molar-refractivity contribution in [3.05, 3.63) is 70.5 Å². The van der Waals surface area contributed by atoms with Gasteiger partial charge in [0.15, 0.2) is 11.9 Å². The molecule has 0 N–H and O–H groups in total. The molecule has 1 aromatic heterocycles. The van der Waals surface area contributed by atoms with Gasteiger partial charge < -0.3 is 14.0 Å². The maximum atomic E-state index is 11.3. The van der Waals surface area contributed by atoms with Gasteiger partial charge in [0.05, 0.1) is 24.4 Å². The summed E-state index contributed by atoms with van der Waals surface area (Å²) in [6, 6.07) is 6.06. The number of imidazole rings is 1. The van der Waals surface area contributed by atoms with Gasteiger partial charge in [-0.3, -0.25) is 10.1 Å². The number of nitrogens with zero attached hydrogens (tertiary/aromatic N) is 3. The van der Waals surface area contributed by atoms with Crippen LogP contribution in [0.15, 0.2) is 49.0 Å². The smallest absolute Gasteiger partial charge is 0.333 e. The molecule has 1 atom stereocenters. The summed E-state index contributed by atoms with van der Waals surface area (Å²) in [7, 11) is 1.28. The number of esters is 1. The molecule has 0 fully saturated rings. The lowest BCUT2D eigenvalue weighted by molar-refractivity contribution is -0.384. The lowest BCUT2D eigenvalue weighted by Crippen LogP contribution is -2.12. The second kappa shape index (κ2) is 9.36. The van der Waals surface area contributed by atoms with Crippen LogP contribution in [0.5, 0.6) is 0 Å². The van der Waals surface area contributed by atoms with Crippen LogP contribution in [0.2, 0.25) is 0 Å². The molecule has 1 aromatic carbocycles. The minimum absolute atomic E-state index is 0.00747. The predicted molar refractivity (Wildman–Crippen MR) is 94.3 cm³/mol. The summed E-state index contributed by atoms with van der Waals surface area (Å²) in [4.78, 5) is 26.0. The van der Waals surface area contributed by atoms with Crippen molar-refractivity contribution in [2.24, 2.45) is 0 Å². The molecule has 2 aromatic rings. The molecule has 0 amide bonds. The lowest BCUT2D eigenvalue weighted by Gasteiger charge is -2.18. The molecule has 1 unspecified atom stereocenters. The summed E-state index contributed by atoms with van der Waals surface area (Å²) in [5.41, 5.74) is 0.681. The first-order valence-electron chi connectivity index (χ1n) is 8.22. The minimum atomic E-state index is -0.608. The third kappa shape index (κ3) is 4.92. The third-order valence-corrected chi connectivity index (χ3v) is 3.76. The van der Waals surface area contributed by atoms with Gasteiger partial charge >= 0.3 is 5.97 Å². The number of non-ortho nitro benzene ring substituents is 1.